The van der Waals surface area contributed by atoms with Crippen molar-refractivity contribution in [2.45, 2.75) is 39.2 Å². The maximum Gasteiger partial charge on any atom is 0.327 e. The van der Waals surface area contributed by atoms with E-state index in [1.54, 1.807) is 17.5 Å². The van der Waals surface area contributed by atoms with Gasteiger partial charge in [-0.25, -0.2) is 9.78 Å². The molecule has 2 aliphatic heterocycles. The fourth-order valence-corrected chi connectivity index (χ4v) is 4.52. The number of carbonyl (C=O) groups excluding carboxylic acids is 2. The number of anilines is 1. The van der Waals surface area contributed by atoms with E-state index in [9.17, 15) is 9.59 Å². The van der Waals surface area contributed by atoms with Gasteiger partial charge in [-0.15, -0.1) is 11.3 Å². The molecule has 0 saturated carbocycles. The quantitative estimate of drug-likeness (QED) is 0.405. The zero-order valence-electron chi connectivity index (χ0n) is 17.2. The molecule has 3 rings (SSSR count). The normalized spacial score (nSPS) is 18.4. The minimum Gasteiger partial charge on any atom is -0.483 e. The molecule has 10 heteroatoms. The Balaban J connectivity index is 0.000000941. The molecule has 0 atom stereocenters. The van der Waals surface area contributed by atoms with Crippen LogP contribution in [-0.4, -0.2) is 83.2 Å². The molecule has 162 valence electrons. The number of piperidine rings is 1. The average molecular weight is 427 g/mol. The lowest BCUT2D eigenvalue weighted by molar-refractivity contribution is -0.135. The third-order valence-electron chi connectivity index (χ3n) is 5.11. The lowest BCUT2D eigenvalue weighted by atomic mass is 9.85. The number of imide groups is 1. The van der Waals surface area contributed by atoms with Crippen molar-refractivity contribution in [1.29, 1.82) is 0 Å². The summed E-state index contributed by atoms with van der Waals surface area (Å²) in [5.41, 5.74) is -0.707. The second kappa shape index (κ2) is 10.5. The summed E-state index contributed by atoms with van der Waals surface area (Å²) in [5.74, 6) is 0.258. The van der Waals surface area contributed by atoms with E-state index in [0.29, 0.717) is 45.1 Å². The Morgan fingerprint density at radius 3 is 2.52 bits per heavy atom. The molecule has 0 aliphatic carbocycles. The Bertz CT molecular complexity index is 674. The third kappa shape index (κ3) is 5.05. The highest BCUT2D eigenvalue weighted by atomic mass is 32.1. The highest BCUT2D eigenvalue weighted by Gasteiger charge is 2.57. The van der Waals surface area contributed by atoms with Crippen LogP contribution in [0.3, 0.4) is 0 Å². The standard InChI is InChI=1S/C18H28N4O3S.CH2O2/c1-4-25-11-10-21-15(23)18(22(17(21)24)13-14(2)3)5-8-20(9-6-18)16-19-7-12-26-16;2-1-3/h7,12,14H,4-6,8-11,13H2,1-3H3;1H,(H,2,3). The molecule has 0 radical (unpaired) electrons. The van der Waals surface area contributed by atoms with Crippen molar-refractivity contribution >= 4 is 34.9 Å². The number of urea groups is 1. The molecule has 1 aromatic heterocycles. The van der Waals surface area contributed by atoms with Crippen LogP contribution in [0.5, 0.6) is 0 Å². The highest BCUT2D eigenvalue weighted by molar-refractivity contribution is 7.13. The molecule has 0 bridgehead atoms. The Hall–Kier alpha value is -2.20. The van der Waals surface area contributed by atoms with Crippen molar-refractivity contribution < 1.29 is 24.2 Å². The molecule has 2 fully saturated rings. The molecule has 3 amide bonds. The third-order valence-corrected chi connectivity index (χ3v) is 5.95. The van der Waals surface area contributed by atoms with Crippen LogP contribution in [0.15, 0.2) is 11.6 Å². The monoisotopic (exact) mass is 426 g/mol. The molecule has 1 spiro atoms. The number of aromatic nitrogens is 1. The average Bonchev–Trinajstić information content (AvgIpc) is 3.29. The second-order valence-corrected chi connectivity index (χ2v) is 8.25. The smallest absolute Gasteiger partial charge is 0.327 e. The minimum atomic E-state index is -0.707. The van der Waals surface area contributed by atoms with Gasteiger partial charge in [0.05, 0.1) is 13.2 Å². The molecule has 0 unspecified atom stereocenters. The van der Waals surface area contributed by atoms with Gasteiger partial charge in [0.25, 0.3) is 12.4 Å². The van der Waals surface area contributed by atoms with Crippen LogP contribution in [0.1, 0.15) is 33.6 Å². The summed E-state index contributed by atoms with van der Waals surface area (Å²) < 4.78 is 5.37. The summed E-state index contributed by atoms with van der Waals surface area (Å²) in [5, 5.41) is 9.84. The summed E-state index contributed by atoms with van der Waals surface area (Å²) >= 11 is 1.61. The fourth-order valence-electron chi connectivity index (χ4n) is 3.82. The summed E-state index contributed by atoms with van der Waals surface area (Å²) in [6.45, 7) is 9.21. The van der Waals surface area contributed by atoms with Crippen molar-refractivity contribution in [3.05, 3.63) is 11.6 Å². The maximum atomic E-state index is 13.2. The molecule has 3 heterocycles. The first-order valence-corrected chi connectivity index (χ1v) is 10.7. The van der Waals surface area contributed by atoms with Gasteiger partial charge in [-0.05, 0) is 25.7 Å². The molecule has 0 aromatic carbocycles. The number of hydrogen-bond acceptors (Lipinski definition) is 7. The highest BCUT2D eigenvalue weighted by Crippen LogP contribution is 2.39. The Morgan fingerprint density at radius 2 is 2.00 bits per heavy atom. The lowest BCUT2D eigenvalue weighted by Crippen LogP contribution is -2.57. The van der Waals surface area contributed by atoms with E-state index in [0.717, 1.165) is 18.2 Å². The molecule has 9 nitrogen and oxygen atoms in total. The Morgan fingerprint density at radius 1 is 1.34 bits per heavy atom. The zero-order chi connectivity index (χ0) is 21.4. The largest absolute Gasteiger partial charge is 0.483 e. The number of rotatable bonds is 7. The van der Waals surface area contributed by atoms with Gasteiger partial charge in [0.1, 0.15) is 5.54 Å². The predicted octanol–water partition coefficient (Wildman–Crippen LogP) is 2.14. The number of ether oxygens (including phenoxy) is 1. The van der Waals surface area contributed by atoms with E-state index in [1.165, 1.54) is 4.90 Å². The van der Waals surface area contributed by atoms with E-state index >= 15 is 0 Å². The predicted molar refractivity (Wildman–Crippen MR) is 110 cm³/mol. The van der Waals surface area contributed by atoms with Gasteiger partial charge < -0.3 is 19.6 Å². The van der Waals surface area contributed by atoms with Crippen molar-refractivity contribution in [2.24, 2.45) is 5.92 Å². The second-order valence-electron chi connectivity index (χ2n) is 7.38. The molecular weight excluding hydrogens is 396 g/mol. The SMILES string of the molecule is CCOCCN1C(=O)N(CC(C)C)C2(CCN(c3nccs3)CC2)C1=O.O=CO. The summed E-state index contributed by atoms with van der Waals surface area (Å²) in [6.07, 6.45) is 3.10. The number of hydrogen-bond donors (Lipinski definition) is 1. The van der Waals surface area contributed by atoms with Crippen LogP contribution >= 0.6 is 11.3 Å². The fraction of sp³-hybridized carbons (Fsp3) is 0.684. The number of carbonyl (C=O) groups is 3. The van der Waals surface area contributed by atoms with Crippen molar-refractivity contribution in [2.75, 3.05) is 44.3 Å². The summed E-state index contributed by atoms with van der Waals surface area (Å²) in [4.78, 5) is 44.4. The van der Waals surface area contributed by atoms with Crippen LogP contribution in [-0.2, 0) is 14.3 Å². The van der Waals surface area contributed by atoms with Crippen LogP contribution in [0.25, 0.3) is 0 Å². The Kier molecular flexibility index (Phi) is 8.39. The van der Waals surface area contributed by atoms with E-state index in [2.05, 4.69) is 23.7 Å². The lowest BCUT2D eigenvalue weighted by Gasteiger charge is -2.42. The molecule has 2 saturated heterocycles. The van der Waals surface area contributed by atoms with Gasteiger partial charge in [-0.1, -0.05) is 13.8 Å². The summed E-state index contributed by atoms with van der Waals surface area (Å²) in [7, 11) is 0. The number of nitrogens with zero attached hydrogens (tertiary/aromatic N) is 4. The van der Waals surface area contributed by atoms with E-state index in [1.807, 2.05) is 17.2 Å². The van der Waals surface area contributed by atoms with Gasteiger partial charge in [-0.2, -0.15) is 0 Å². The van der Waals surface area contributed by atoms with E-state index in [4.69, 9.17) is 14.6 Å². The number of thiazole rings is 1. The van der Waals surface area contributed by atoms with Crippen molar-refractivity contribution in [1.82, 2.24) is 14.8 Å². The summed E-state index contributed by atoms with van der Waals surface area (Å²) in [6, 6.07) is -0.161. The number of amides is 3. The van der Waals surface area contributed by atoms with Gasteiger partial charge in [-0.3, -0.25) is 14.5 Å². The van der Waals surface area contributed by atoms with E-state index in [-0.39, 0.29) is 18.4 Å². The van der Waals surface area contributed by atoms with Crippen LogP contribution < -0.4 is 4.90 Å². The van der Waals surface area contributed by atoms with Crippen molar-refractivity contribution in [3.8, 4) is 0 Å². The first kappa shape index (κ1) is 23.1. The van der Waals surface area contributed by atoms with E-state index < -0.39 is 5.54 Å². The molecule has 1 aromatic rings. The van der Waals surface area contributed by atoms with Crippen LogP contribution in [0, 0.1) is 5.92 Å². The first-order valence-electron chi connectivity index (χ1n) is 9.84. The van der Waals surface area contributed by atoms with Crippen LogP contribution in [0.4, 0.5) is 9.93 Å². The van der Waals surface area contributed by atoms with Gasteiger partial charge in [0.15, 0.2) is 5.13 Å². The van der Waals surface area contributed by atoms with Crippen LogP contribution in [0.2, 0.25) is 0 Å². The maximum absolute atomic E-state index is 13.2. The van der Waals surface area contributed by atoms with Crippen molar-refractivity contribution in [3.63, 3.8) is 0 Å². The Labute approximate surface area is 175 Å². The molecular formula is C19H30N4O5S. The number of carboxylic acid groups (broad SMARTS) is 1. The zero-order valence-corrected chi connectivity index (χ0v) is 18.1. The van der Waals surface area contributed by atoms with Gasteiger partial charge >= 0.3 is 6.03 Å². The molecule has 2 aliphatic rings. The minimum absolute atomic E-state index is 0.0540. The van der Waals surface area contributed by atoms with Gasteiger partial charge in [0, 0.05) is 37.8 Å². The van der Waals surface area contributed by atoms with Gasteiger partial charge in [0.2, 0.25) is 0 Å². The first-order chi connectivity index (χ1) is 13.9. The molecule has 1 N–H and O–H groups in total. The molecule has 29 heavy (non-hydrogen) atoms. The topological polar surface area (TPSA) is 103 Å².